The molecule has 5 aromatic carbocycles. The zero-order chi connectivity index (χ0) is 42.9. The number of halogens is 5. The highest BCUT2D eigenvalue weighted by Crippen LogP contribution is 2.28. The molecule has 6 N–H and O–H groups in total. The van der Waals surface area contributed by atoms with Gasteiger partial charge in [0.2, 0.25) is 0 Å². The van der Waals surface area contributed by atoms with Gasteiger partial charge in [-0.3, -0.25) is 0 Å². The van der Waals surface area contributed by atoms with Crippen LogP contribution in [0.1, 0.15) is 25.7 Å². The quantitative estimate of drug-likeness (QED) is 0.0877. The molecule has 12 nitrogen and oxygen atoms in total. The van der Waals surface area contributed by atoms with Crippen molar-refractivity contribution in [1.82, 2.24) is 20.8 Å². The predicted molar refractivity (Wildman–Crippen MR) is 251 cm³/mol. The number of thiocarbonyl (C=S) groups is 3. The Labute approximate surface area is 377 Å². The first kappa shape index (κ1) is 43.4. The first-order chi connectivity index (χ1) is 29.5. The van der Waals surface area contributed by atoms with Gasteiger partial charge in [0, 0.05) is 45.0 Å². The molecule has 0 unspecified atom stereocenters. The van der Waals surface area contributed by atoms with Crippen molar-refractivity contribution in [2.24, 2.45) is 0 Å². The van der Waals surface area contributed by atoms with E-state index in [-0.39, 0.29) is 16.6 Å². The number of aromatic nitrogens is 3. The van der Waals surface area contributed by atoms with E-state index in [0.29, 0.717) is 71.2 Å². The molecule has 312 valence electrons. The van der Waals surface area contributed by atoms with Gasteiger partial charge in [0.25, 0.3) is 0 Å². The van der Waals surface area contributed by atoms with Gasteiger partial charge in [-0.2, -0.15) is 0 Å². The van der Waals surface area contributed by atoms with Crippen LogP contribution in [0.3, 0.4) is 0 Å². The van der Waals surface area contributed by atoms with Crippen LogP contribution in [0.25, 0.3) is 32.9 Å². The molecular formula is C41H32Cl3F2N9O3S3. The molecule has 20 heteroatoms. The largest absolute Gasteiger partial charge is 0.360 e. The van der Waals surface area contributed by atoms with E-state index in [1.54, 1.807) is 78.9 Å². The maximum Gasteiger partial charge on any atom is 0.183 e. The Balaban J connectivity index is 0.000000138. The van der Waals surface area contributed by atoms with E-state index in [4.69, 9.17) is 85.0 Å². The minimum Gasteiger partial charge on any atom is -0.360 e. The molecule has 0 aliphatic heterocycles. The van der Waals surface area contributed by atoms with Crippen LogP contribution in [0.4, 0.5) is 37.6 Å². The number of rotatable bonds is 6. The molecule has 1 fully saturated rings. The summed E-state index contributed by atoms with van der Waals surface area (Å²) in [6, 6.07) is 28.3. The topological polar surface area (TPSA) is 150 Å². The van der Waals surface area contributed by atoms with Crippen LogP contribution >= 0.6 is 71.5 Å². The number of hydrogen-bond donors (Lipinski definition) is 6. The fraction of sp³-hybridized carbons (Fsp3) is 0.122. The van der Waals surface area contributed by atoms with Crippen molar-refractivity contribution in [3.05, 3.63) is 130 Å². The number of hydrogen-bond acceptors (Lipinski definition) is 9. The number of benzene rings is 5. The molecule has 0 bridgehead atoms. The molecule has 3 heterocycles. The summed E-state index contributed by atoms with van der Waals surface area (Å²) >= 11 is 33.3. The minimum absolute atomic E-state index is 0.213. The van der Waals surface area contributed by atoms with E-state index >= 15 is 0 Å². The highest BCUT2D eigenvalue weighted by Gasteiger charge is 2.17. The summed E-state index contributed by atoms with van der Waals surface area (Å²) in [4.78, 5) is 0. The maximum atomic E-state index is 13.5. The third-order valence-electron chi connectivity index (χ3n) is 8.91. The van der Waals surface area contributed by atoms with E-state index in [9.17, 15) is 8.78 Å². The molecule has 9 rings (SSSR count). The van der Waals surface area contributed by atoms with Gasteiger partial charge >= 0.3 is 0 Å². The number of para-hydroxylation sites is 1. The zero-order valence-electron chi connectivity index (χ0n) is 31.4. The molecular weight excluding hydrogens is 907 g/mol. The van der Waals surface area contributed by atoms with Crippen molar-refractivity contribution in [2.45, 2.75) is 31.7 Å². The molecule has 0 amide bonds. The Morgan fingerprint density at radius 3 is 1.46 bits per heavy atom. The summed E-state index contributed by atoms with van der Waals surface area (Å²) in [6.07, 6.45) is 4.89. The van der Waals surface area contributed by atoms with Gasteiger partial charge in [-0.25, -0.2) is 8.78 Å². The Morgan fingerprint density at radius 1 is 0.541 bits per heavy atom. The molecule has 61 heavy (non-hydrogen) atoms. The Hall–Kier alpha value is -5.69. The van der Waals surface area contributed by atoms with Crippen LogP contribution in [-0.2, 0) is 0 Å². The highest BCUT2D eigenvalue weighted by atomic mass is 35.5. The van der Waals surface area contributed by atoms with Gasteiger partial charge < -0.3 is 45.5 Å². The predicted octanol–water partition coefficient (Wildman–Crippen LogP) is 12.6. The Bertz CT molecular complexity index is 2840. The lowest BCUT2D eigenvalue weighted by Crippen LogP contribution is -2.36. The smallest absolute Gasteiger partial charge is 0.183 e. The van der Waals surface area contributed by atoms with E-state index in [2.05, 4.69) is 47.4 Å². The molecule has 1 aliphatic rings. The average molecular weight is 939 g/mol. The van der Waals surface area contributed by atoms with Gasteiger partial charge in [-0.05, 0) is 122 Å². The monoisotopic (exact) mass is 937 g/mol. The number of nitrogens with zero attached hydrogens (tertiary/aromatic N) is 3. The van der Waals surface area contributed by atoms with Crippen LogP contribution < -0.4 is 31.9 Å². The summed E-state index contributed by atoms with van der Waals surface area (Å²) in [6.45, 7) is 0. The van der Waals surface area contributed by atoms with Crippen molar-refractivity contribution >= 4 is 149 Å². The molecule has 3 aromatic heterocycles. The second-order valence-electron chi connectivity index (χ2n) is 13.2. The van der Waals surface area contributed by atoms with Crippen LogP contribution in [0.5, 0.6) is 0 Å². The van der Waals surface area contributed by atoms with E-state index in [1.165, 1.54) is 43.9 Å². The van der Waals surface area contributed by atoms with E-state index in [1.807, 2.05) is 6.07 Å². The summed E-state index contributed by atoms with van der Waals surface area (Å²) in [7, 11) is 0. The summed E-state index contributed by atoms with van der Waals surface area (Å²) in [5.74, 6) is 0.858. The molecule has 0 spiro atoms. The van der Waals surface area contributed by atoms with Crippen LogP contribution in [0.15, 0.2) is 117 Å². The lowest BCUT2D eigenvalue weighted by molar-refractivity contribution is 0.460. The van der Waals surface area contributed by atoms with E-state index < -0.39 is 5.82 Å². The molecule has 1 saturated carbocycles. The number of fused-ring (bicyclic) bond motifs is 3. The normalized spacial score (nSPS) is 12.2. The van der Waals surface area contributed by atoms with Gasteiger partial charge in [0.1, 0.15) is 11.6 Å². The fourth-order valence-corrected chi connectivity index (χ4v) is 7.20. The lowest BCUT2D eigenvalue weighted by Gasteiger charge is -2.14. The zero-order valence-corrected chi connectivity index (χ0v) is 36.1. The van der Waals surface area contributed by atoms with Gasteiger partial charge in [0.05, 0.1) is 21.8 Å². The van der Waals surface area contributed by atoms with Crippen LogP contribution in [0.2, 0.25) is 15.1 Å². The molecule has 1 aliphatic carbocycles. The number of nitrogens with one attached hydrogen (secondary N) is 6. The van der Waals surface area contributed by atoms with Gasteiger partial charge in [-0.1, -0.05) is 75.2 Å². The van der Waals surface area contributed by atoms with Crippen molar-refractivity contribution in [2.75, 3.05) is 26.6 Å². The van der Waals surface area contributed by atoms with Crippen molar-refractivity contribution in [1.29, 1.82) is 0 Å². The summed E-state index contributed by atoms with van der Waals surface area (Å²) < 4.78 is 41.9. The Kier molecular flexibility index (Phi) is 14.4. The van der Waals surface area contributed by atoms with E-state index in [0.717, 1.165) is 16.2 Å². The molecule has 8 aromatic rings. The first-order valence-corrected chi connectivity index (χ1v) is 20.7. The standard InChI is InChI=1S/2C14H9ClFN3OS.C13H14ClN3OS/c15-8-1-6-11-12(7-8)20-19-13(11)18-14(21)17-10-4-2-9(16)3-5-10;15-8-5-6-9-12(7-8)20-19-13(9)18-14(21)17-11-4-2-1-3-10(11)16;14-8-5-6-10-11(7-8)18-17-12(10)16-13(19)15-9-3-1-2-4-9/h2*1-7H,(H2,17,18,19,21);5-7,9H,1-4H2,(H2,15,16,17,19). The molecule has 0 atom stereocenters. The molecule has 0 radical (unpaired) electrons. The second-order valence-corrected chi connectivity index (χ2v) is 15.8. The lowest BCUT2D eigenvalue weighted by atomic mass is 10.2. The van der Waals surface area contributed by atoms with Crippen LogP contribution in [0, 0.1) is 11.6 Å². The molecule has 0 saturated heterocycles. The maximum absolute atomic E-state index is 13.5. The van der Waals surface area contributed by atoms with Gasteiger partial charge in [-0.15, -0.1) is 0 Å². The summed E-state index contributed by atoms with van der Waals surface area (Å²) in [5, 5.41) is 34.9. The summed E-state index contributed by atoms with van der Waals surface area (Å²) in [5.41, 5.74) is 2.71. The SMILES string of the molecule is Fc1ccc(NC(=S)Nc2noc3cc(Cl)ccc23)cc1.Fc1ccccc1NC(=S)Nc1noc2cc(Cl)ccc12.S=C(Nc1noc2cc(Cl)ccc12)NC1CCCC1. The third kappa shape index (κ3) is 11.8. The number of anilines is 5. The van der Waals surface area contributed by atoms with Crippen LogP contribution in [-0.4, -0.2) is 36.8 Å². The van der Waals surface area contributed by atoms with Crippen molar-refractivity contribution < 1.29 is 22.4 Å². The first-order valence-electron chi connectivity index (χ1n) is 18.4. The van der Waals surface area contributed by atoms with Crippen molar-refractivity contribution in [3.63, 3.8) is 0 Å². The average Bonchev–Trinajstić information content (AvgIpc) is 4.05. The highest BCUT2D eigenvalue weighted by molar-refractivity contribution is 7.81. The minimum atomic E-state index is -0.390. The van der Waals surface area contributed by atoms with Crippen molar-refractivity contribution in [3.8, 4) is 0 Å². The third-order valence-corrected chi connectivity index (χ3v) is 10.2. The second kappa shape index (κ2) is 20.2. The Morgan fingerprint density at radius 2 is 0.984 bits per heavy atom. The van der Waals surface area contributed by atoms with Gasteiger partial charge in [0.15, 0.2) is 49.5 Å². The fourth-order valence-electron chi connectivity index (χ4n) is 6.03.